The highest BCUT2D eigenvalue weighted by Gasteiger charge is 2.15. The maximum atomic E-state index is 12.6. The Morgan fingerprint density at radius 1 is 1.15 bits per heavy atom. The number of hydrogen-bond acceptors (Lipinski definition) is 7. The molecule has 1 amide bonds. The Balaban J connectivity index is 1.34. The van der Waals surface area contributed by atoms with Gasteiger partial charge in [-0.05, 0) is 43.2 Å². The maximum Gasteiger partial charge on any atom is 0.257 e. The second-order valence-electron chi connectivity index (χ2n) is 8.12. The van der Waals surface area contributed by atoms with Crippen LogP contribution in [-0.4, -0.2) is 40.8 Å². The average molecular weight is 454 g/mol. The highest BCUT2D eigenvalue weighted by atomic mass is 16.1. The molecule has 0 spiro atoms. The number of aromatic amines is 1. The third-order valence-electron chi connectivity index (χ3n) is 5.39. The number of aryl methyl sites for hydroxylation is 2. The van der Waals surface area contributed by atoms with Gasteiger partial charge in [0.2, 0.25) is 0 Å². The van der Waals surface area contributed by atoms with Gasteiger partial charge in [0.1, 0.15) is 17.0 Å². The molecule has 0 saturated carbocycles. The lowest BCUT2D eigenvalue weighted by Gasteiger charge is -2.16. The van der Waals surface area contributed by atoms with E-state index in [0.29, 0.717) is 33.9 Å². The van der Waals surface area contributed by atoms with E-state index in [1.807, 2.05) is 51.4 Å². The molecule has 0 unspecified atom stereocenters. The molecule has 10 nitrogen and oxygen atoms in total. The van der Waals surface area contributed by atoms with Crippen molar-refractivity contribution in [3.63, 3.8) is 0 Å². The fourth-order valence-electron chi connectivity index (χ4n) is 3.69. The first kappa shape index (κ1) is 21.3. The standard InChI is InChI=1S/C24H23N9O/c1-14-7-17(10-25-9-14)24(34)29-19-6-4-5-16(8-19)15(2)28-20-12-26-23-22(30-20)21(31-32-23)18-11-27-33(3)13-18/h4-13,15H,1-3H3,(H,28,30)(H,29,34)(H,26,31,32)/t15-/m0/s1. The average Bonchev–Trinajstić information content (AvgIpc) is 3.44. The van der Waals surface area contributed by atoms with Gasteiger partial charge in [0.05, 0.1) is 24.0 Å². The summed E-state index contributed by atoms with van der Waals surface area (Å²) in [4.78, 5) is 25.8. The fourth-order valence-corrected chi connectivity index (χ4v) is 3.69. The molecular formula is C24H23N9O. The van der Waals surface area contributed by atoms with Crippen molar-refractivity contribution in [1.29, 1.82) is 0 Å². The van der Waals surface area contributed by atoms with Crippen LogP contribution in [0.15, 0.2) is 61.3 Å². The van der Waals surface area contributed by atoms with E-state index in [2.05, 4.69) is 35.9 Å². The first-order valence-corrected chi connectivity index (χ1v) is 10.8. The number of hydrogen-bond donors (Lipinski definition) is 3. The lowest BCUT2D eigenvalue weighted by molar-refractivity contribution is 0.102. The van der Waals surface area contributed by atoms with Gasteiger partial charge in [-0.25, -0.2) is 9.97 Å². The summed E-state index contributed by atoms with van der Waals surface area (Å²) in [6, 6.07) is 9.41. The molecule has 3 N–H and O–H groups in total. The van der Waals surface area contributed by atoms with Crippen LogP contribution in [0, 0.1) is 6.92 Å². The summed E-state index contributed by atoms with van der Waals surface area (Å²) in [6.45, 7) is 3.93. The van der Waals surface area contributed by atoms with Crippen molar-refractivity contribution in [2.45, 2.75) is 19.9 Å². The molecule has 1 atom stereocenters. The zero-order valence-corrected chi connectivity index (χ0v) is 18.9. The Hall–Kier alpha value is -4.60. The van der Waals surface area contributed by atoms with Crippen LogP contribution < -0.4 is 10.6 Å². The van der Waals surface area contributed by atoms with Crippen molar-refractivity contribution in [3.8, 4) is 11.3 Å². The van der Waals surface area contributed by atoms with Gasteiger partial charge in [-0.3, -0.25) is 19.6 Å². The molecule has 0 aliphatic carbocycles. The van der Waals surface area contributed by atoms with Gasteiger partial charge >= 0.3 is 0 Å². The summed E-state index contributed by atoms with van der Waals surface area (Å²) in [5.74, 6) is 0.417. The number of amides is 1. The van der Waals surface area contributed by atoms with E-state index in [4.69, 9.17) is 4.98 Å². The minimum absolute atomic E-state index is 0.0852. The summed E-state index contributed by atoms with van der Waals surface area (Å²) >= 11 is 0. The Morgan fingerprint density at radius 3 is 2.82 bits per heavy atom. The normalized spacial score (nSPS) is 12.0. The van der Waals surface area contributed by atoms with E-state index in [9.17, 15) is 4.79 Å². The Kier molecular flexibility index (Phi) is 5.46. The molecule has 5 aromatic rings. The van der Waals surface area contributed by atoms with Gasteiger partial charge in [0, 0.05) is 36.9 Å². The van der Waals surface area contributed by atoms with E-state index in [1.165, 1.54) is 0 Å². The third-order valence-corrected chi connectivity index (χ3v) is 5.39. The minimum atomic E-state index is -0.201. The predicted molar refractivity (Wildman–Crippen MR) is 129 cm³/mol. The van der Waals surface area contributed by atoms with Crippen molar-refractivity contribution >= 4 is 28.6 Å². The topological polar surface area (TPSA) is 126 Å². The van der Waals surface area contributed by atoms with E-state index in [0.717, 1.165) is 16.7 Å². The zero-order chi connectivity index (χ0) is 23.7. The van der Waals surface area contributed by atoms with Gasteiger partial charge in [-0.2, -0.15) is 10.2 Å². The number of rotatable bonds is 6. The third kappa shape index (κ3) is 4.33. The molecule has 0 aliphatic rings. The Morgan fingerprint density at radius 2 is 2.03 bits per heavy atom. The van der Waals surface area contributed by atoms with Crippen molar-refractivity contribution < 1.29 is 4.79 Å². The van der Waals surface area contributed by atoms with Gasteiger partial charge in [0.15, 0.2) is 5.65 Å². The van der Waals surface area contributed by atoms with Gasteiger partial charge in [-0.1, -0.05) is 12.1 Å². The van der Waals surface area contributed by atoms with Crippen LogP contribution in [0.25, 0.3) is 22.4 Å². The molecule has 10 heteroatoms. The number of aromatic nitrogens is 7. The van der Waals surface area contributed by atoms with Crippen LogP contribution in [0.2, 0.25) is 0 Å². The minimum Gasteiger partial charge on any atom is -0.362 e. The van der Waals surface area contributed by atoms with Crippen LogP contribution in [0.1, 0.15) is 34.5 Å². The largest absolute Gasteiger partial charge is 0.362 e. The maximum absolute atomic E-state index is 12.6. The van der Waals surface area contributed by atoms with E-state index in [1.54, 1.807) is 35.5 Å². The molecule has 1 aromatic carbocycles. The highest BCUT2D eigenvalue weighted by molar-refractivity contribution is 6.04. The van der Waals surface area contributed by atoms with Crippen LogP contribution >= 0.6 is 0 Å². The number of carbonyl (C=O) groups excluding carboxylic acids is 1. The van der Waals surface area contributed by atoms with Gasteiger partial charge < -0.3 is 10.6 Å². The lowest BCUT2D eigenvalue weighted by atomic mass is 10.1. The van der Waals surface area contributed by atoms with Crippen molar-refractivity contribution in [2.75, 3.05) is 10.6 Å². The number of carbonyl (C=O) groups is 1. The van der Waals surface area contributed by atoms with Crippen LogP contribution in [0.5, 0.6) is 0 Å². The predicted octanol–water partition coefficient (Wildman–Crippen LogP) is 3.88. The fraction of sp³-hybridized carbons (Fsp3) is 0.167. The number of H-pyrrole nitrogens is 1. The molecule has 4 aromatic heterocycles. The number of benzene rings is 1. The molecule has 34 heavy (non-hydrogen) atoms. The van der Waals surface area contributed by atoms with E-state index < -0.39 is 0 Å². The zero-order valence-electron chi connectivity index (χ0n) is 18.9. The smallest absolute Gasteiger partial charge is 0.257 e. The summed E-state index contributed by atoms with van der Waals surface area (Å²) < 4.78 is 1.72. The van der Waals surface area contributed by atoms with E-state index in [-0.39, 0.29) is 11.9 Å². The lowest BCUT2D eigenvalue weighted by Crippen LogP contribution is -2.13. The Labute approximate surface area is 195 Å². The molecule has 0 saturated heterocycles. The Bertz CT molecular complexity index is 1490. The molecule has 170 valence electrons. The van der Waals surface area contributed by atoms with E-state index >= 15 is 0 Å². The number of fused-ring (bicyclic) bond motifs is 1. The number of pyridine rings is 1. The molecule has 0 bridgehead atoms. The summed E-state index contributed by atoms with van der Waals surface area (Å²) in [7, 11) is 1.85. The van der Waals surface area contributed by atoms with Crippen molar-refractivity contribution in [1.82, 2.24) is 34.9 Å². The quantitative estimate of drug-likeness (QED) is 0.356. The molecular weight excluding hydrogens is 430 g/mol. The van der Waals surface area contributed by atoms with Gasteiger partial charge in [0.25, 0.3) is 5.91 Å². The van der Waals surface area contributed by atoms with Crippen LogP contribution in [-0.2, 0) is 7.05 Å². The molecule has 0 aliphatic heterocycles. The second kappa shape index (κ2) is 8.74. The highest BCUT2D eigenvalue weighted by Crippen LogP contribution is 2.26. The first-order chi connectivity index (χ1) is 16.5. The SMILES string of the molecule is Cc1cncc(C(=O)Nc2cccc([C@H](C)Nc3cnc4[nH]nc(-c5cnn(C)c5)c4n3)c2)c1. The first-order valence-electron chi connectivity index (χ1n) is 10.8. The summed E-state index contributed by atoms with van der Waals surface area (Å²) in [5, 5.41) is 17.8. The van der Waals surface area contributed by atoms with Crippen molar-refractivity contribution in [2.24, 2.45) is 7.05 Å². The number of nitrogens with zero attached hydrogens (tertiary/aromatic N) is 6. The summed E-state index contributed by atoms with van der Waals surface area (Å²) in [5.41, 5.74) is 5.97. The van der Waals surface area contributed by atoms with Gasteiger partial charge in [-0.15, -0.1) is 0 Å². The number of anilines is 2. The second-order valence-corrected chi connectivity index (χ2v) is 8.12. The number of nitrogens with one attached hydrogen (secondary N) is 3. The van der Waals surface area contributed by atoms with Crippen molar-refractivity contribution in [3.05, 3.63) is 78.0 Å². The molecule has 4 heterocycles. The monoisotopic (exact) mass is 453 g/mol. The molecule has 0 fully saturated rings. The van der Waals surface area contributed by atoms with Crippen LogP contribution in [0.3, 0.4) is 0 Å². The molecule has 5 rings (SSSR count). The molecule has 0 radical (unpaired) electrons. The van der Waals surface area contributed by atoms with Crippen LogP contribution in [0.4, 0.5) is 11.5 Å². The summed E-state index contributed by atoms with van der Waals surface area (Å²) in [6.07, 6.45) is 8.56.